The molecule has 2 aromatic carbocycles. The van der Waals surface area contributed by atoms with Gasteiger partial charge in [-0.25, -0.2) is 0 Å². The molecular formula is C17H20ClNO. The lowest BCUT2D eigenvalue weighted by molar-refractivity contribution is 0.324. The molecule has 0 bridgehead atoms. The van der Waals surface area contributed by atoms with E-state index in [-0.39, 0.29) is 0 Å². The lowest BCUT2D eigenvalue weighted by Crippen LogP contribution is -2.27. The molecule has 0 saturated heterocycles. The zero-order valence-corrected chi connectivity index (χ0v) is 12.7. The molecule has 0 aliphatic heterocycles. The second kappa shape index (κ2) is 7.20. The van der Waals surface area contributed by atoms with Gasteiger partial charge < -0.3 is 9.64 Å². The molecule has 3 heteroatoms. The first kappa shape index (κ1) is 14.7. The molecule has 2 nitrogen and oxygen atoms in total. The molecule has 2 aromatic rings. The molecule has 0 saturated carbocycles. The van der Waals surface area contributed by atoms with Gasteiger partial charge in [-0.3, -0.25) is 0 Å². The molecule has 0 radical (unpaired) electrons. The number of hydrogen-bond donors (Lipinski definition) is 0. The third-order valence-electron chi connectivity index (χ3n) is 3.21. The molecule has 0 aliphatic rings. The number of nitrogens with zero attached hydrogens (tertiary/aromatic N) is 1. The van der Waals surface area contributed by atoms with Gasteiger partial charge in [-0.15, -0.1) is 0 Å². The van der Waals surface area contributed by atoms with E-state index in [1.54, 1.807) is 0 Å². The molecular weight excluding hydrogens is 270 g/mol. The van der Waals surface area contributed by atoms with Crippen molar-refractivity contribution in [1.82, 2.24) is 0 Å². The number of hydrogen-bond acceptors (Lipinski definition) is 2. The average Bonchev–Trinajstić information content (AvgIpc) is 2.45. The van der Waals surface area contributed by atoms with Gasteiger partial charge in [0.15, 0.2) is 0 Å². The van der Waals surface area contributed by atoms with Crippen molar-refractivity contribution in [2.45, 2.75) is 13.8 Å². The van der Waals surface area contributed by atoms with Crippen molar-refractivity contribution >= 4 is 17.3 Å². The summed E-state index contributed by atoms with van der Waals surface area (Å²) in [5, 5.41) is 0.764. The highest BCUT2D eigenvalue weighted by molar-refractivity contribution is 6.30. The van der Waals surface area contributed by atoms with E-state index < -0.39 is 0 Å². The molecule has 0 unspecified atom stereocenters. The van der Waals surface area contributed by atoms with Crippen LogP contribution in [0.4, 0.5) is 5.69 Å². The molecule has 2 rings (SSSR count). The van der Waals surface area contributed by atoms with Crippen LogP contribution in [0.5, 0.6) is 5.75 Å². The molecule has 0 heterocycles. The Hall–Kier alpha value is -1.67. The summed E-state index contributed by atoms with van der Waals surface area (Å²) in [6, 6.07) is 16.0. The third-order valence-corrected chi connectivity index (χ3v) is 3.44. The summed E-state index contributed by atoms with van der Waals surface area (Å²) in [6.07, 6.45) is 0. The summed E-state index contributed by atoms with van der Waals surface area (Å²) in [6.45, 7) is 6.63. The summed E-state index contributed by atoms with van der Waals surface area (Å²) in [4.78, 5) is 2.25. The van der Waals surface area contributed by atoms with Crippen molar-refractivity contribution in [1.29, 1.82) is 0 Å². The Bertz CT molecular complexity index is 539. The quantitative estimate of drug-likeness (QED) is 0.773. The highest BCUT2D eigenvalue weighted by atomic mass is 35.5. The van der Waals surface area contributed by atoms with Crippen molar-refractivity contribution in [3.05, 3.63) is 59.1 Å². The Morgan fingerprint density at radius 3 is 2.50 bits per heavy atom. The van der Waals surface area contributed by atoms with Gasteiger partial charge >= 0.3 is 0 Å². The number of ether oxygens (including phenoxy) is 1. The standard InChI is InChI=1S/C17H20ClNO/c1-3-19(16-6-4-5-15(18)13-16)11-12-20-17-9-7-14(2)8-10-17/h4-10,13H,3,11-12H2,1-2H3. The topological polar surface area (TPSA) is 12.5 Å². The number of likely N-dealkylation sites (N-methyl/N-ethyl adjacent to an activating group) is 1. The summed E-state index contributed by atoms with van der Waals surface area (Å²) >= 11 is 6.03. The summed E-state index contributed by atoms with van der Waals surface area (Å²) in [5.41, 5.74) is 2.37. The molecule has 0 amide bonds. The van der Waals surface area contributed by atoms with Crippen LogP contribution in [0.1, 0.15) is 12.5 Å². The van der Waals surface area contributed by atoms with Gasteiger partial charge in [0.2, 0.25) is 0 Å². The largest absolute Gasteiger partial charge is 0.492 e. The molecule has 0 fully saturated rings. The van der Waals surface area contributed by atoms with E-state index in [2.05, 4.69) is 36.9 Å². The minimum atomic E-state index is 0.656. The smallest absolute Gasteiger partial charge is 0.119 e. The predicted octanol–water partition coefficient (Wildman–Crippen LogP) is 4.55. The van der Waals surface area contributed by atoms with Crippen LogP contribution >= 0.6 is 11.6 Å². The maximum Gasteiger partial charge on any atom is 0.119 e. The number of aryl methyl sites for hydroxylation is 1. The second-order valence-electron chi connectivity index (χ2n) is 4.72. The van der Waals surface area contributed by atoms with Gasteiger partial charge in [-0.1, -0.05) is 35.4 Å². The molecule has 0 N–H and O–H groups in total. The van der Waals surface area contributed by atoms with E-state index >= 15 is 0 Å². The molecule has 0 atom stereocenters. The van der Waals surface area contributed by atoms with Crippen LogP contribution in [0, 0.1) is 6.92 Å². The van der Waals surface area contributed by atoms with Crippen molar-refractivity contribution < 1.29 is 4.74 Å². The maximum atomic E-state index is 6.03. The van der Waals surface area contributed by atoms with E-state index in [0.29, 0.717) is 6.61 Å². The van der Waals surface area contributed by atoms with Crippen LogP contribution in [0.25, 0.3) is 0 Å². The number of halogens is 1. The maximum absolute atomic E-state index is 6.03. The average molecular weight is 290 g/mol. The van der Waals surface area contributed by atoms with Crippen LogP contribution in [-0.2, 0) is 0 Å². The predicted molar refractivity (Wildman–Crippen MR) is 86.0 cm³/mol. The normalized spacial score (nSPS) is 10.3. The Morgan fingerprint density at radius 1 is 1.10 bits per heavy atom. The monoisotopic (exact) mass is 289 g/mol. The number of benzene rings is 2. The minimum absolute atomic E-state index is 0.656. The van der Waals surface area contributed by atoms with Crippen LogP contribution in [0.15, 0.2) is 48.5 Å². The van der Waals surface area contributed by atoms with Crippen molar-refractivity contribution in [2.24, 2.45) is 0 Å². The fourth-order valence-corrected chi connectivity index (χ4v) is 2.24. The van der Waals surface area contributed by atoms with Crippen LogP contribution in [0.3, 0.4) is 0 Å². The zero-order chi connectivity index (χ0) is 14.4. The molecule has 0 aliphatic carbocycles. The van der Waals surface area contributed by atoms with Crippen molar-refractivity contribution in [2.75, 3.05) is 24.6 Å². The van der Waals surface area contributed by atoms with Gasteiger partial charge in [0.05, 0.1) is 6.54 Å². The van der Waals surface area contributed by atoms with E-state index in [4.69, 9.17) is 16.3 Å². The first-order valence-corrected chi connectivity index (χ1v) is 7.27. The summed E-state index contributed by atoms with van der Waals surface area (Å²) in [7, 11) is 0. The van der Waals surface area contributed by atoms with Crippen LogP contribution in [-0.4, -0.2) is 19.7 Å². The first-order chi connectivity index (χ1) is 9.69. The van der Waals surface area contributed by atoms with E-state index in [9.17, 15) is 0 Å². The number of rotatable bonds is 6. The highest BCUT2D eigenvalue weighted by Crippen LogP contribution is 2.19. The fraction of sp³-hybridized carbons (Fsp3) is 0.294. The van der Waals surface area contributed by atoms with Gasteiger partial charge in [0.25, 0.3) is 0 Å². The second-order valence-corrected chi connectivity index (χ2v) is 5.16. The number of anilines is 1. The molecule has 0 spiro atoms. The highest BCUT2D eigenvalue weighted by Gasteiger charge is 2.05. The van der Waals surface area contributed by atoms with E-state index in [1.807, 2.05) is 30.3 Å². The molecule has 106 valence electrons. The Labute approximate surface area is 125 Å². The van der Waals surface area contributed by atoms with E-state index in [1.165, 1.54) is 5.56 Å². The minimum Gasteiger partial charge on any atom is -0.492 e. The van der Waals surface area contributed by atoms with Gasteiger partial charge in [0.1, 0.15) is 12.4 Å². The Balaban J connectivity index is 1.89. The van der Waals surface area contributed by atoms with E-state index in [0.717, 1.165) is 29.5 Å². The lowest BCUT2D eigenvalue weighted by Gasteiger charge is -2.23. The van der Waals surface area contributed by atoms with Crippen molar-refractivity contribution in [3.63, 3.8) is 0 Å². The van der Waals surface area contributed by atoms with Crippen LogP contribution < -0.4 is 9.64 Å². The van der Waals surface area contributed by atoms with Crippen molar-refractivity contribution in [3.8, 4) is 5.75 Å². The SMILES string of the molecule is CCN(CCOc1ccc(C)cc1)c1cccc(Cl)c1. The summed E-state index contributed by atoms with van der Waals surface area (Å²) in [5.74, 6) is 0.915. The van der Waals surface area contributed by atoms with Gasteiger partial charge in [-0.05, 0) is 44.2 Å². The zero-order valence-electron chi connectivity index (χ0n) is 12.0. The Kier molecular flexibility index (Phi) is 5.31. The fourth-order valence-electron chi connectivity index (χ4n) is 2.05. The Morgan fingerprint density at radius 2 is 1.85 bits per heavy atom. The molecule has 0 aromatic heterocycles. The lowest BCUT2D eigenvalue weighted by atomic mass is 10.2. The summed E-state index contributed by atoms with van der Waals surface area (Å²) < 4.78 is 5.77. The van der Waals surface area contributed by atoms with Gasteiger partial charge in [-0.2, -0.15) is 0 Å². The van der Waals surface area contributed by atoms with Gasteiger partial charge in [0, 0.05) is 17.3 Å². The first-order valence-electron chi connectivity index (χ1n) is 6.89. The molecule has 20 heavy (non-hydrogen) atoms. The third kappa shape index (κ3) is 4.17. The van der Waals surface area contributed by atoms with Crippen LogP contribution in [0.2, 0.25) is 5.02 Å².